The lowest BCUT2D eigenvalue weighted by Gasteiger charge is -2.58. The summed E-state index contributed by atoms with van der Waals surface area (Å²) >= 11 is 3.82. The van der Waals surface area contributed by atoms with Crippen LogP contribution in [0.5, 0.6) is 0 Å². The van der Waals surface area contributed by atoms with E-state index in [9.17, 15) is 0 Å². The molecule has 2 N–H and O–H groups in total. The predicted molar refractivity (Wildman–Crippen MR) is 87.2 cm³/mol. The van der Waals surface area contributed by atoms with Crippen LogP contribution in [0.25, 0.3) is 9.40 Å². The van der Waals surface area contributed by atoms with Crippen LogP contribution in [0.1, 0.15) is 49.4 Å². The summed E-state index contributed by atoms with van der Waals surface area (Å²) in [6, 6.07) is 4.91. The molecule has 4 aliphatic carbocycles. The highest BCUT2D eigenvalue weighted by Gasteiger charge is 2.53. The van der Waals surface area contributed by atoms with Gasteiger partial charge in [-0.25, -0.2) is 0 Å². The standard InChI is InChI=1S/C17H21NS2/c18-15(14-6-13-1-2-19-16(13)20-14)17-7-10-3-11(8-17)5-12(4-10)9-17/h1-2,6,10-12,15H,3-5,7-9,18H2. The maximum absolute atomic E-state index is 6.83. The van der Waals surface area contributed by atoms with Gasteiger partial charge >= 0.3 is 0 Å². The fourth-order valence-electron chi connectivity index (χ4n) is 5.80. The van der Waals surface area contributed by atoms with Crippen LogP contribution in [0.3, 0.4) is 0 Å². The summed E-state index contributed by atoms with van der Waals surface area (Å²) in [4.78, 5) is 1.45. The molecule has 4 saturated carbocycles. The molecule has 4 bridgehead atoms. The first kappa shape index (κ1) is 12.2. The van der Waals surface area contributed by atoms with E-state index in [1.807, 2.05) is 22.7 Å². The normalized spacial score (nSPS) is 40.5. The Hall–Kier alpha value is -0.380. The van der Waals surface area contributed by atoms with Crippen molar-refractivity contribution in [2.24, 2.45) is 28.9 Å². The fraction of sp³-hybridized carbons (Fsp3) is 0.647. The zero-order valence-electron chi connectivity index (χ0n) is 11.7. The Morgan fingerprint density at radius 3 is 2.35 bits per heavy atom. The van der Waals surface area contributed by atoms with E-state index in [0.29, 0.717) is 11.5 Å². The summed E-state index contributed by atoms with van der Waals surface area (Å²) in [6.45, 7) is 0. The SMILES string of the molecule is NC(c1cc2ccsc2s1)C12CC3CC(CC(C3)C1)C2. The maximum atomic E-state index is 6.83. The Bertz CT molecular complexity index is 589. The molecule has 2 aromatic heterocycles. The van der Waals surface area contributed by atoms with Gasteiger partial charge in [-0.05, 0) is 79.2 Å². The first-order valence-corrected chi connectivity index (χ1v) is 9.64. The lowest BCUT2D eigenvalue weighted by atomic mass is 9.47. The van der Waals surface area contributed by atoms with E-state index in [1.54, 1.807) is 0 Å². The third-order valence-corrected chi connectivity index (χ3v) is 8.51. The van der Waals surface area contributed by atoms with Crippen LogP contribution in [0.15, 0.2) is 17.5 Å². The molecule has 1 unspecified atom stereocenters. The molecule has 20 heavy (non-hydrogen) atoms. The number of rotatable bonds is 2. The van der Waals surface area contributed by atoms with Crippen molar-refractivity contribution in [3.05, 3.63) is 22.4 Å². The Morgan fingerprint density at radius 1 is 1.10 bits per heavy atom. The Morgan fingerprint density at radius 2 is 1.75 bits per heavy atom. The van der Waals surface area contributed by atoms with Gasteiger partial charge in [0.05, 0.1) is 4.01 Å². The van der Waals surface area contributed by atoms with Gasteiger partial charge in [0.15, 0.2) is 0 Å². The lowest BCUT2D eigenvalue weighted by Crippen LogP contribution is -2.50. The third-order valence-electron chi connectivity index (χ3n) is 6.22. The van der Waals surface area contributed by atoms with Gasteiger partial charge in [-0.2, -0.15) is 0 Å². The molecule has 1 nitrogen and oxygen atoms in total. The average Bonchev–Trinajstić information content (AvgIpc) is 2.96. The molecule has 0 saturated heterocycles. The molecule has 4 fully saturated rings. The molecule has 3 heteroatoms. The van der Waals surface area contributed by atoms with Crippen molar-refractivity contribution in [2.45, 2.75) is 44.6 Å². The van der Waals surface area contributed by atoms with Crippen molar-refractivity contribution in [1.29, 1.82) is 0 Å². The molecule has 2 heterocycles. The molecule has 6 rings (SSSR count). The van der Waals surface area contributed by atoms with E-state index < -0.39 is 0 Å². The molecule has 0 spiro atoms. The zero-order chi connectivity index (χ0) is 13.3. The number of thiophene rings is 2. The van der Waals surface area contributed by atoms with Gasteiger partial charge in [0.25, 0.3) is 0 Å². The smallest absolute Gasteiger partial charge is 0.0868 e. The van der Waals surface area contributed by atoms with Crippen molar-refractivity contribution in [1.82, 2.24) is 0 Å². The van der Waals surface area contributed by atoms with Crippen molar-refractivity contribution >= 4 is 32.1 Å². The highest BCUT2D eigenvalue weighted by molar-refractivity contribution is 7.37. The summed E-state index contributed by atoms with van der Waals surface area (Å²) in [6.07, 6.45) is 8.74. The molecule has 4 aliphatic rings. The third kappa shape index (κ3) is 1.63. The Kier molecular flexibility index (Phi) is 2.49. The highest BCUT2D eigenvalue weighted by Crippen LogP contribution is 2.64. The zero-order valence-corrected chi connectivity index (χ0v) is 13.3. The quantitative estimate of drug-likeness (QED) is 0.813. The van der Waals surface area contributed by atoms with Gasteiger partial charge in [-0.1, -0.05) is 0 Å². The van der Waals surface area contributed by atoms with Crippen LogP contribution in [0.2, 0.25) is 0 Å². The minimum Gasteiger partial charge on any atom is -0.323 e. The van der Waals surface area contributed by atoms with Crippen molar-refractivity contribution in [2.75, 3.05) is 0 Å². The molecular formula is C17H21NS2. The van der Waals surface area contributed by atoms with Gasteiger partial charge in [-0.15, -0.1) is 22.7 Å². The maximum Gasteiger partial charge on any atom is 0.0868 e. The predicted octanol–water partition coefficient (Wildman–Crippen LogP) is 5.18. The van der Waals surface area contributed by atoms with Gasteiger partial charge in [0, 0.05) is 16.3 Å². The minimum absolute atomic E-state index is 0.292. The Balaban J connectivity index is 1.53. The topological polar surface area (TPSA) is 26.0 Å². The minimum atomic E-state index is 0.292. The van der Waals surface area contributed by atoms with Crippen molar-refractivity contribution in [3.63, 3.8) is 0 Å². The number of nitrogens with two attached hydrogens (primary N) is 1. The van der Waals surface area contributed by atoms with Gasteiger partial charge in [0.1, 0.15) is 0 Å². The van der Waals surface area contributed by atoms with Crippen LogP contribution in [-0.4, -0.2) is 0 Å². The molecule has 2 aromatic rings. The van der Waals surface area contributed by atoms with Crippen molar-refractivity contribution < 1.29 is 0 Å². The van der Waals surface area contributed by atoms with E-state index in [1.165, 1.54) is 52.8 Å². The monoisotopic (exact) mass is 303 g/mol. The summed E-state index contributed by atoms with van der Waals surface area (Å²) in [5, 5.41) is 3.61. The first-order valence-electron chi connectivity index (χ1n) is 7.94. The molecule has 0 radical (unpaired) electrons. The summed E-state index contributed by atoms with van der Waals surface area (Å²) < 4.78 is 1.46. The largest absolute Gasteiger partial charge is 0.323 e. The van der Waals surface area contributed by atoms with Crippen molar-refractivity contribution in [3.8, 4) is 0 Å². The van der Waals surface area contributed by atoms with Crippen LogP contribution >= 0.6 is 22.7 Å². The summed E-state index contributed by atoms with van der Waals surface area (Å²) in [5.41, 5.74) is 7.28. The molecule has 106 valence electrons. The van der Waals surface area contributed by atoms with E-state index in [-0.39, 0.29) is 0 Å². The Labute approximate surface area is 128 Å². The number of hydrogen-bond acceptors (Lipinski definition) is 3. The molecule has 0 aliphatic heterocycles. The van der Waals surface area contributed by atoms with E-state index in [2.05, 4.69) is 17.5 Å². The van der Waals surface area contributed by atoms with Gasteiger partial charge in [0.2, 0.25) is 0 Å². The average molecular weight is 303 g/mol. The van der Waals surface area contributed by atoms with E-state index in [0.717, 1.165) is 17.8 Å². The number of hydrogen-bond donors (Lipinski definition) is 1. The van der Waals surface area contributed by atoms with Gasteiger partial charge < -0.3 is 5.73 Å². The van der Waals surface area contributed by atoms with Gasteiger partial charge in [-0.3, -0.25) is 0 Å². The second-order valence-electron chi connectivity index (χ2n) is 7.57. The van der Waals surface area contributed by atoms with Crippen LogP contribution in [0, 0.1) is 23.2 Å². The summed E-state index contributed by atoms with van der Waals surface area (Å²) in [7, 11) is 0. The fourth-order valence-corrected chi connectivity index (χ4v) is 8.07. The lowest BCUT2D eigenvalue weighted by molar-refractivity contribution is -0.0671. The second kappa shape index (κ2) is 4.08. The number of fused-ring (bicyclic) bond motifs is 1. The summed E-state index contributed by atoms with van der Waals surface area (Å²) in [5.74, 6) is 2.98. The first-order chi connectivity index (χ1) is 9.72. The van der Waals surface area contributed by atoms with E-state index >= 15 is 0 Å². The van der Waals surface area contributed by atoms with Crippen LogP contribution < -0.4 is 5.73 Å². The molecule has 0 aromatic carbocycles. The highest BCUT2D eigenvalue weighted by atomic mass is 32.2. The van der Waals surface area contributed by atoms with Crippen LogP contribution in [0.4, 0.5) is 0 Å². The molecule has 0 amide bonds. The molecule has 1 atom stereocenters. The second-order valence-corrected chi connectivity index (χ2v) is 9.83. The van der Waals surface area contributed by atoms with E-state index in [4.69, 9.17) is 5.73 Å². The van der Waals surface area contributed by atoms with Crippen LogP contribution in [-0.2, 0) is 0 Å². The molecular weight excluding hydrogens is 282 g/mol.